The number of carbonyl (C=O) groups excluding carboxylic acids is 1. The van der Waals surface area contributed by atoms with Gasteiger partial charge in [0.05, 0.1) is 5.57 Å². The summed E-state index contributed by atoms with van der Waals surface area (Å²) < 4.78 is 0. The molecule has 0 atom stereocenters. The quantitative estimate of drug-likeness (QED) is 0.542. The van der Waals surface area contributed by atoms with Crippen LogP contribution < -0.4 is 0 Å². The molecule has 1 aliphatic carbocycles. The fourth-order valence-corrected chi connectivity index (χ4v) is 1.63. The summed E-state index contributed by atoms with van der Waals surface area (Å²) in [4.78, 5) is 15.2. The van der Waals surface area contributed by atoms with Crippen molar-refractivity contribution in [2.24, 2.45) is 0 Å². The lowest BCUT2D eigenvalue weighted by molar-refractivity contribution is -0.115. The minimum absolute atomic E-state index is 0.275. The number of rotatable bonds is 0. The zero-order chi connectivity index (χ0) is 12.6. The predicted octanol–water partition coefficient (Wildman–Crippen LogP) is 2.00. The molecule has 3 nitrogen and oxygen atoms in total. The van der Waals surface area contributed by atoms with Crippen LogP contribution in [-0.2, 0) is 4.79 Å². The van der Waals surface area contributed by atoms with Gasteiger partial charge in [0.2, 0.25) is 5.78 Å². The normalized spacial score (nSPS) is 14.2. The van der Waals surface area contributed by atoms with Gasteiger partial charge in [-0.2, -0.15) is 0 Å². The van der Waals surface area contributed by atoms with Gasteiger partial charge in [-0.25, -0.2) is 0 Å². The SMILES string of the molecule is C=C1C(=O)C(O)=C1C#Cc1cc(C)nc(C)c1. The lowest BCUT2D eigenvalue weighted by atomic mass is 9.89. The first-order valence-corrected chi connectivity index (χ1v) is 5.13. The maximum absolute atomic E-state index is 11.0. The Hall–Kier alpha value is -2.34. The molecule has 0 aliphatic heterocycles. The van der Waals surface area contributed by atoms with Crippen LogP contribution in [0.5, 0.6) is 0 Å². The zero-order valence-electron chi connectivity index (χ0n) is 9.66. The number of Topliss-reactive ketones (excluding diaryl/α,β-unsaturated/α-hetero) is 1. The number of carbonyl (C=O) groups is 1. The van der Waals surface area contributed by atoms with E-state index in [0.29, 0.717) is 5.57 Å². The molecule has 1 aromatic heterocycles. The molecular formula is C14H11NO2. The van der Waals surface area contributed by atoms with Gasteiger partial charge in [0.1, 0.15) is 0 Å². The van der Waals surface area contributed by atoms with Crippen LogP contribution in [0.2, 0.25) is 0 Å². The minimum Gasteiger partial charge on any atom is -0.503 e. The van der Waals surface area contributed by atoms with Crippen molar-refractivity contribution in [3.63, 3.8) is 0 Å². The predicted molar refractivity (Wildman–Crippen MR) is 64.4 cm³/mol. The van der Waals surface area contributed by atoms with Gasteiger partial charge in [0.15, 0.2) is 5.76 Å². The van der Waals surface area contributed by atoms with E-state index >= 15 is 0 Å². The van der Waals surface area contributed by atoms with E-state index in [1.165, 1.54) is 0 Å². The van der Waals surface area contributed by atoms with Crippen LogP contribution in [-0.4, -0.2) is 15.9 Å². The lowest BCUT2D eigenvalue weighted by Gasteiger charge is -2.14. The topological polar surface area (TPSA) is 50.2 Å². The number of aromatic nitrogens is 1. The van der Waals surface area contributed by atoms with Crippen LogP contribution >= 0.6 is 0 Å². The van der Waals surface area contributed by atoms with Crippen LogP contribution in [0.3, 0.4) is 0 Å². The average Bonchev–Trinajstić information content (AvgIpc) is 2.27. The third-order valence-electron chi connectivity index (χ3n) is 2.44. The third kappa shape index (κ3) is 1.98. The van der Waals surface area contributed by atoms with Crippen molar-refractivity contribution < 1.29 is 9.90 Å². The number of allylic oxidation sites excluding steroid dienone is 2. The van der Waals surface area contributed by atoms with Gasteiger partial charge < -0.3 is 5.11 Å². The lowest BCUT2D eigenvalue weighted by Crippen LogP contribution is -2.20. The Balaban J connectivity index is 2.35. The molecule has 3 heteroatoms. The number of hydrogen-bond acceptors (Lipinski definition) is 3. The van der Waals surface area contributed by atoms with Gasteiger partial charge in [0.25, 0.3) is 0 Å². The summed E-state index contributed by atoms with van der Waals surface area (Å²) in [6.45, 7) is 7.32. The zero-order valence-corrected chi connectivity index (χ0v) is 9.66. The number of nitrogens with zero attached hydrogens (tertiary/aromatic N) is 1. The molecular weight excluding hydrogens is 214 g/mol. The van der Waals surface area contributed by atoms with E-state index in [1.54, 1.807) is 0 Å². The molecule has 17 heavy (non-hydrogen) atoms. The van der Waals surface area contributed by atoms with E-state index in [4.69, 9.17) is 0 Å². The van der Waals surface area contributed by atoms with E-state index in [0.717, 1.165) is 17.0 Å². The molecule has 0 amide bonds. The Labute approximate surface area is 99.5 Å². The van der Waals surface area contributed by atoms with Gasteiger partial charge in [-0.05, 0) is 26.0 Å². The smallest absolute Gasteiger partial charge is 0.229 e. The molecule has 0 saturated heterocycles. The molecule has 84 valence electrons. The van der Waals surface area contributed by atoms with Crippen molar-refractivity contribution in [2.45, 2.75) is 13.8 Å². The molecule has 0 aromatic carbocycles. The molecule has 0 saturated carbocycles. The first-order valence-electron chi connectivity index (χ1n) is 5.13. The Morgan fingerprint density at radius 2 is 1.82 bits per heavy atom. The molecule has 0 unspecified atom stereocenters. The average molecular weight is 225 g/mol. The highest BCUT2D eigenvalue weighted by Gasteiger charge is 2.30. The summed E-state index contributed by atoms with van der Waals surface area (Å²) in [6.07, 6.45) is 0. The first kappa shape index (κ1) is 11.2. The van der Waals surface area contributed by atoms with Gasteiger partial charge in [0, 0.05) is 22.5 Å². The van der Waals surface area contributed by atoms with Crippen LogP contribution in [0, 0.1) is 25.7 Å². The molecule has 1 N–H and O–H groups in total. The van der Waals surface area contributed by atoms with E-state index in [-0.39, 0.29) is 11.3 Å². The van der Waals surface area contributed by atoms with Crippen molar-refractivity contribution in [2.75, 3.05) is 0 Å². The van der Waals surface area contributed by atoms with E-state index in [9.17, 15) is 9.90 Å². The number of aliphatic hydroxyl groups is 1. The third-order valence-corrected chi connectivity index (χ3v) is 2.44. The second-order valence-corrected chi connectivity index (χ2v) is 3.92. The van der Waals surface area contributed by atoms with Crippen LogP contribution in [0.15, 0.2) is 35.6 Å². The fourth-order valence-electron chi connectivity index (χ4n) is 1.63. The van der Waals surface area contributed by atoms with Crippen molar-refractivity contribution in [1.82, 2.24) is 4.98 Å². The number of ketones is 1. The second kappa shape index (κ2) is 3.91. The van der Waals surface area contributed by atoms with Crippen LogP contribution in [0.1, 0.15) is 17.0 Å². The van der Waals surface area contributed by atoms with E-state index < -0.39 is 5.78 Å². The Morgan fingerprint density at radius 3 is 2.35 bits per heavy atom. The number of aryl methyl sites for hydroxylation is 2. The Bertz CT molecular complexity index is 607. The molecule has 2 rings (SSSR count). The maximum atomic E-state index is 11.0. The van der Waals surface area contributed by atoms with Crippen molar-refractivity contribution in [1.29, 1.82) is 0 Å². The van der Waals surface area contributed by atoms with Gasteiger partial charge in [-0.15, -0.1) is 0 Å². The number of hydrogen-bond donors (Lipinski definition) is 1. The molecule has 1 aliphatic rings. The Kier molecular flexibility index (Phi) is 2.57. The van der Waals surface area contributed by atoms with Crippen LogP contribution in [0.25, 0.3) is 0 Å². The molecule has 0 bridgehead atoms. The molecule has 1 aromatic rings. The first-order chi connectivity index (χ1) is 7.99. The molecule has 0 radical (unpaired) electrons. The van der Waals surface area contributed by atoms with Crippen LogP contribution in [0.4, 0.5) is 0 Å². The van der Waals surface area contributed by atoms with E-state index in [2.05, 4.69) is 23.4 Å². The highest BCUT2D eigenvalue weighted by atomic mass is 16.3. The summed E-state index contributed by atoms with van der Waals surface area (Å²) >= 11 is 0. The Morgan fingerprint density at radius 1 is 1.24 bits per heavy atom. The number of aliphatic hydroxyl groups excluding tert-OH is 1. The van der Waals surface area contributed by atoms with Crippen molar-refractivity contribution in [3.8, 4) is 11.8 Å². The minimum atomic E-state index is -0.420. The fraction of sp³-hybridized carbons (Fsp3) is 0.143. The highest BCUT2D eigenvalue weighted by molar-refractivity contribution is 6.19. The summed E-state index contributed by atoms with van der Waals surface area (Å²) in [6, 6.07) is 3.70. The van der Waals surface area contributed by atoms with Gasteiger partial charge in [-0.1, -0.05) is 18.4 Å². The van der Waals surface area contributed by atoms with Crippen molar-refractivity contribution in [3.05, 3.63) is 52.6 Å². The second-order valence-electron chi connectivity index (χ2n) is 3.92. The number of pyridine rings is 1. The van der Waals surface area contributed by atoms with E-state index in [1.807, 2.05) is 26.0 Å². The van der Waals surface area contributed by atoms with Crippen molar-refractivity contribution >= 4 is 5.78 Å². The maximum Gasteiger partial charge on any atom is 0.229 e. The largest absolute Gasteiger partial charge is 0.503 e. The molecule has 0 fully saturated rings. The highest BCUT2D eigenvalue weighted by Crippen LogP contribution is 2.25. The summed E-state index contributed by atoms with van der Waals surface area (Å²) in [7, 11) is 0. The molecule has 0 spiro atoms. The summed E-state index contributed by atoms with van der Waals surface area (Å²) in [5, 5.41) is 9.29. The summed E-state index contributed by atoms with van der Waals surface area (Å²) in [5.74, 6) is 4.93. The standard InChI is InChI=1S/C14H11NO2/c1-8-6-11(7-9(2)15-8)4-5-12-10(3)13(16)14(12)17/h6-7,17H,3H2,1-2H3. The van der Waals surface area contributed by atoms with Gasteiger partial charge >= 0.3 is 0 Å². The molecule has 1 heterocycles. The monoisotopic (exact) mass is 225 g/mol. The van der Waals surface area contributed by atoms with Gasteiger partial charge in [-0.3, -0.25) is 9.78 Å². The summed E-state index contributed by atoms with van der Waals surface area (Å²) in [5.41, 5.74) is 3.19.